The Morgan fingerprint density at radius 2 is 2.04 bits per heavy atom. The Kier molecular flexibility index (Phi) is 8.22. The zero-order valence-electron chi connectivity index (χ0n) is 17.4. The number of rotatable bonds is 7. The molecule has 1 aliphatic carbocycles. The highest BCUT2D eigenvalue weighted by Gasteiger charge is 2.22. The quantitative estimate of drug-likeness (QED) is 0.407. The number of carbonyl (C=O) groups excluding carboxylic acids is 2. The fourth-order valence-corrected chi connectivity index (χ4v) is 3.90. The predicted molar refractivity (Wildman–Crippen MR) is 111 cm³/mol. The topological polar surface area (TPSA) is 95.9 Å². The number of ether oxygens (including phenoxy) is 1. The van der Waals surface area contributed by atoms with E-state index in [2.05, 4.69) is 20.6 Å². The number of aliphatic imine (C=N–C) groups is 1. The van der Waals surface area contributed by atoms with Gasteiger partial charge in [-0.05, 0) is 33.6 Å². The molecule has 0 bridgehead atoms. The number of aromatic nitrogens is 1. The smallest absolute Gasteiger partial charge is 0.350 e. The SMILES string of the molecule is CCOC(=O)c1sc(C(C)NC(=NCC(=O)N(C)C)NC2CCCC2)nc1C. The summed E-state index contributed by atoms with van der Waals surface area (Å²) in [6.45, 7) is 5.97. The lowest BCUT2D eigenvalue weighted by Gasteiger charge is -2.20. The first-order valence-electron chi connectivity index (χ1n) is 9.73. The lowest BCUT2D eigenvalue weighted by molar-refractivity contribution is -0.127. The monoisotopic (exact) mass is 409 g/mol. The van der Waals surface area contributed by atoms with Gasteiger partial charge in [0.05, 0.1) is 18.3 Å². The van der Waals surface area contributed by atoms with Crippen LogP contribution in [0.3, 0.4) is 0 Å². The zero-order chi connectivity index (χ0) is 20.7. The number of nitrogens with zero attached hydrogens (tertiary/aromatic N) is 3. The van der Waals surface area contributed by atoms with Crippen molar-refractivity contribution >= 4 is 29.2 Å². The van der Waals surface area contributed by atoms with Crippen molar-refractivity contribution in [2.75, 3.05) is 27.2 Å². The lowest BCUT2D eigenvalue weighted by atomic mass is 10.2. The average molecular weight is 410 g/mol. The van der Waals surface area contributed by atoms with Crippen LogP contribution < -0.4 is 10.6 Å². The maximum Gasteiger partial charge on any atom is 0.350 e. The fourth-order valence-electron chi connectivity index (χ4n) is 2.94. The van der Waals surface area contributed by atoms with E-state index in [1.54, 1.807) is 27.9 Å². The fraction of sp³-hybridized carbons (Fsp3) is 0.684. The molecule has 2 N–H and O–H groups in total. The molecule has 28 heavy (non-hydrogen) atoms. The van der Waals surface area contributed by atoms with Gasteiger partial charge in [-0.1, -0.05) is 12.8 Å². The van der Waals surface area contributed by atoms with Crippen LogP contribution in [0, 0.1) is 6.92 Å². The molecule has 1 fully saturated rings. The third kappa shape index (κ3) is 6.19. The van der Waals surface area contributed by atoms with Gasteiger partial charge in [0.25, 0.3) is 0 Å². The van der Waals surface area contributed by atoms with Crippen molar-refractivity contribution in [3.05, 3.63) is 15.6 Å². The summed E-state index contributed by atoms with van der Waals surface area (Å²) in [6, 6.07) is 0.204. The third-order valence-corrected chi connectivity index (χ3v) is 5.89. The summed E-state index contributed by atoms with van der Waals surface area (Å²) >= 11 is 1.32. The number of guanidine groups is 1. The Morgan fingerprint density at radius 1 is 1.36 bits per heavy atom. The minimum Gasteiger partial charge on any atom is -0.462 e. The Morgan fingerprint density at radius 3 is 2.64 bits per heavy atom. The van der Waals surface area contributed by atoms with E-state index in [9.17, 15) is 9.59 Å². The second kappa shape index (κ2) is 10.4. The van der Waals surface area contributed by atoms with Gasteiger partial charge in [0.1, 0.15) is 16.4 Å². The van der Waals surface area contributed by atoms with Crippen molar-refractivity contribution < 1.29 is 14.3 Å². The number of esters is 1. The summed E-state index contributed by atoms with van der Waals surface area (Å²) in [5.41, 5.74) is 0.664. The largest absolute Gasteiger partial charge is 0.462 e. The molecule has 0 aromatic carbocycles. The zero-order valence-corrected chi connectivity index (χ0v) is 18.2. The molecule has 1 saturated carbocycles. The third-order valence-electron chi connectivity index (χ3n) is 4.56. The molecule has 1 unspecified atom stereocenters. The molecule has 1 amide bonds. The number of carbonyl (C=O) groups is 2. The van der Waals surface area contributed by atoms with Gasteiger partial charge in [-0.25, -0.2) is 14.8 Å². The van der Waals surface area contributed by atoms with E-state index in [1.165, 1.54) is 29.1 Å². The first-order valence-corrected chi connectivity index (χ1v) is 10.6. The van der Waals surface area contributed by atoms with E-state index in [1.807, 2.05) is 6.92 Å². The second-order valence-corrected chi connectivity index (χ2v) is 8.16. The Hall–Kier alpha value is -2.16. The van der Waals surface area contributed by atoms with Crippen LogP contribution in [-0.2, 0) is 9.53 Å². The minimum atomic E-state index is -0.342. The maximum absolute atomic E-state index is 12.0. The van der Waals surface area contributed by atoms with E-state index in [0.29, 0.717) is 29.2 Å². The van der Waals surface area contributed by atoms with Crippen LogP contribution in [0.1, 0.15) is 65.9 Å². The molecule has 1 atom stereocenters. The first kappa shape index (κ1) is 22.1. The summed E-state index contributed by atoms with van der Waals surface area (Å²) in [6.07, 6.45) is 4.59. The summed E-state index contributed by atoms with van der Waals surface area (Å²) in [7, 11) is 3.43. The van der Waals surface area contributed by atoms with Crippen molar-refractivity contribution in [2.45, 2.75) is 58.5 Å². The van der Waals surface area contributed by atoms with E-state index < -0.39 is 0 Å². The highest BCUT2D eigenvalue weighted by atomic mass is 32.1. The van der Waals surface area contributed by atoms with Gasteiger partial charge in [-0.15, -0.1) is 11.3 Å². The van der Waals surface area contributed by atoms with Gasteiger partial charge < -0.3 is 20.3 Å². The van der Waals surface area contributed by atoms with Gasteiger partial charge in [0, 0.05) is 20.1 Å². The second-order valence-electron chi connectivity index (χ2n) is 7.13. The number of hydrogen-bond donors (Lipinski definition) is 2. The van der Waals surface area contributed by atoms with Crippen LogP contribution in [-0.4, -0.2) is 61.0 Å². The molecule has 1 aliphatic rings. The molecular formula is C19H31N5O3S. The predicted octanol–water partition coefficient (Wildman–Crippen LogP) is 2.26. The Balaban J connectivity index is 2.11. The van der Waals surface area contributed by atoms with Crippen LogP contribution in [0.2, 0.25) is 0 Å². The maximum atomic E-state index is 12.0. The molecule has 156 valence electrons. The highest BCUT2D eigenvalue weighted by molar-refractivity contribution is 7.13. The van der Waals surface area contributed by atoms with Gasteiger partial charge >= 0.3 is 5.97 Å². The number of aryl methyl sites for hydroxylation is 1. The summed E-state index contributed by atoms with van der Waals surface area (Å²) in [4.78, 5) is 35.0. The van der Waals surface area contributed by atoms with E-state index >= 15 is 0 Å². The number of hydrogen-bond acceptors (Lipinski definition) is 6. The molecule has 0 spiro atoms. The van der Waals surface area contributed by atoms with Crippen molar-refractivity contribution in [1.82, 2.24) is 20.5 Å². The van der Waals surface area contributed by atoms with Crippen LogP contribution in [0.5, 0.6) is 0 Å². The van der Waals surface area contributed by atoms with Gasteiger partial charge in [0.15, 0.2) is 5.96 Å². The molecule has 8 nitrogen and oxygen atoms in total. The molecule has 0 radical (unpaired) electrons. The van der Waals surface area contributed by atoms with Crippen molar-refractivity contribution in [2.24, 2.45) is 4.99 Å². The molecule has 9 heteroatoms. The van der Waals surface area contributed by atoms with Crippen LogP contribution in [0.25, 0.3) is 0 Å². The van der Waals surface area contributed by atoms with Crippen LogP contribution in [0.4, 0.5) is 0 Å². The summed E-state index contributed by atoms with van der Waals surface area (Å²) in [5, 5.41) is 7.54. The van der Waals surface area contributed by atoms with Crippen molar-refractivity contribution in [1.29, 1.82) is 0 Å². The molecule has 1 aromatic heterocycles. The molecule has 0 aliphatic heterocycles. The molecule has 1 aromatic rings. The summed E-state index contributed by atoms with van der Waals surface area (Å²) < 4.78 is 5.09. The average Bonchev–Trinajstić information content (AvgIpc) is 3.28. The molecule has 1 heterocycles. The Labute approximate surface area is 170 Å². The van der Waals surface area contributed by atoms with E-state index in [-0.39, 0.29) is 24.5 Å². The summed E-state index contributed by atoms with van der Waals surface area (Å²) in [5.74, 6) is 0.195. The van der Waals surface area contributed by atoms with Crippen LogP contribution >= 0.6 is 11.3 Å². The normalized spacial score (nSPS) is 16.0. The van der Waals surface area contributed by atoms with Crippen molar-refractivity contribution in [3.8, 4) is 0 Å². The van der Waals surface area contributed by atoms with Gasteiger partial charge in [-0.2, -0.15) is 0 Å². The number of nitrogens with one attached hydrogen (secondary N) is 2. The van der Waals surface area contributed by atoms with Crippen molar-refractivity contribution in [3.63, 3.8) is 0 Å². The number of thiazole rings is 1. The number of likely N-dealkylation sites (N-methyl/N-ethyl adjacent to an activating group) is 1. The lowest BCUT2D eigenvalue weighted by Crippen LogP contribution is -2.44. The molecule has 0 saturated heterocycles. The van der Waals surface area contributed by atoms with Gasteiger partial charge in [-0.3, -0.25) is 4.79 Å². The minimum absolute atomic E-state index is 0.0603. The molecular weight excluding hydrogens is 378 g/mol. The highest BCUT2D eigenvalue weighted by Crippen LogP contribution is 2.24. The first-order chi connectivity index (χ1) is 13.3. The van der Waals surface area contributed by atoms with E-state index in [4.69, 9.17) is 4.74 Å². The standard InChI is InChI=1S/C19H31N5O3S/c1-6-27-18(26)16-12(2)21-17(28-16)13(3)22-19(20-11-15(25)24(4)5)23-14-9-7-8-10-14/h13-14H,6-11H2,1-5H3,(H2,20,22,23). The Bertz CT molecular complexity index is 710. The van der Waals surface area contributed by atoms with Gasteiger partial charge in [0.2, 0.25) is 5.91 Å². The molecule has 2 rings (SSSR count). The number of amides is 1. The van der Waals surface area contributed by atoms with E-state index in [0.717, 1.165) is 17.8 Å². The van der Waals surface area contributed by atoms with Crippen LogP contribution in [0.15, 0.2) is 4.99 Å².